The van der Waals surface area contributed by atoms with Gasteiger partial charge in [0, 0.05) is 5.92 Å². The van der Waals surface area contributed by atoms with Crippen LogP contribution in [0.5, 0.6) is 0 Å². The standard InChI is InChI=1S/C18H21NO2/c1-19(2)13-12-18(14-8-4-3-5-9-14)15-10-6-7-11-16(15)21-17(18)20/h3-11,15-16H,12-13H2,1-2H3. The SMILES string of the molecule is CN(C)CCC1(c2ccccc2)C(=O)OC2C=CC=CC21. The molecule has 1 aromatic carbocycles. The number of carbonyl (C=O) groups excluding carboxylic acids is 1. The molecule has 21 heavy (non-hydrogen) atoms. The number of ether oxygens (including phenoxy) is 1. The van der Waals surface area contributed by atoms with E-state index in [1.807, 2.05) is 62.7 Å². The van der Waals surface area contributed by atoms with Gasteiger partial charge in [-0.2, -0.15) is 0 Å². The van der Waals surface area contributed by atoms with Crippen LogP contribution >= 0.6 is 0 Å². The molecule has 1 aliphatic heterocycles. The maximum Gasteiger partial charge on any atom is 0.317 e. The van der Waals surface area contributed by atoms with Gasteiger partial charge in [-0.3, -0.25) is 4.79 Å². The van der Waals surface area contributed by atoms with Gasteiger partial charge in [0.1, 0.15) is 11.5 Å². The molecule has 1 heterocycles. The highest BCUT2D eigenvalue weighted by molar-refractivity contribution is 5.87. The molecule has 3 atom stereocenters. The number of rotatable bonds is 4. The third-order valence-electron chi connectivity index (χ3n) is 4.50. The third-order valence-corrected chi connectivity index (χ3v) is 4.50. The maximum atomic E-state index is 12.8. The van der Waals surface area contributed by atoms with E-state index in [0.29, 0.717) is 0 Å². The molecule has 0 N–H and O–H groups in total. The zero-order valence-electron chi connectivity index (χ0n) is 12.5. The van der Waals surface area contributed by atoms with E-state index in [1.165, 1.54) is 0 Å². The fraction of sp³-hybridized carbons (Fsp3) is 0.389. The summed E-state index contributed by atoms with van der Waals surface area (Å²) in [5.41, 5.74) is 0.488. The molecular weight excluding hydrogens is 262 g/mol. The largest absolute Gasteiger partial charge is 0.457 e. The summed E-state index contributed by atoms with van der Waals surface area (Å²) in [4.78, 5) is 14.9. The van der Waals surface area contributed by atoms with Crippen LogP contribution in [0, 0.1) is 5.92 Å². The van der Waals surface area contributed by atoms with Crippen LogP contribution < -0.4 is 0 Å². The lowest BCUT2D eigenvalue weighted by atomic mass is 9.67. The van der Waals surface area contributed by atoms with Crippen molar-refractivity contribution in [2.24, 2.45) is 5.92 Å². The molecule has 2 aliphatic rings. The Labute approximate surface area is 125 Å². The Morgan fingerprint density at radius 3 is 2.57 bits per heavy atom. The van der Waals surface area contributed by atoms with E-state index in [9.17, 15) is 4.79 Å². The van der Waals surface area contributed by atoms with Gasteiger partial charge in [0.05, 0.1) is 0 Å². The zero-order chi connectivity index (χ0) is 14.9. The molecule has 0 bridgehead atoms. The van der Waals surface area contributed by atoms with Crippen molar-refractivity contribution >= 4 is 5.97 Å². The smallest absolute Gasteiger partial charge is 0.317 e. The van der Waals surface area contributed by atoms with Crippen molar-refractivity contribution in [2.75, 3.05) is 20.6 Å². The van der Waals surface area contributed by atoms with E-state index < -0.39 is 5.41 Å². The number of benzene rings is 1. The molecule has 0 spiro atoms. The number of hydrogen-bond donors (Lipinski definition) is 0. The summed E-state index contributed by atoms with van der Waals surface area (Å²) in [5, 5.41) is 0. The van der Waals surface area contributed by atoms with E-state index in [0.717, 1.165) is 18.5 Å². The molecule has 1 aromatic rings. The Balaban J connectivity index is 2.05. The van der Waals surface area contributed by atoms with Gasteiger partial charge in [-0.25, -0.2) is 0 Å². The van der Waals surface area contributed by atoms with E-state index >= 15 is 0 Å². The Kier molecular flexibility index (Phi) is 3.68. The molecule has 0 saturated carbocycles. The minimum atomic E-state index is -0.572. The van der Waals surface area contributed by atoms with Crippen LogP contribution in [0.25, 0.3) is 0 Å². The normalized spacial score (nSPS) is 30.5. The lowest BCUT2D eigenvalue weighted by Gasteiger charge is -2.32. The van der Waals surface area contributed by atoms with Gasteiger partial charge in [0.15, 0.2) is 0 Å². The number of fused-ring (bicyclic) bond motifs is 1. The number of carbonyl (C=O) groups is 1. The second-order valence-electron chi connectivity index (χ2n) is 6.06. The Bertz CT molecular complexity index is 576. The topological polar surface area (TPSA) is 29.5 Å². The lowest BCUT2D eigenvalue weighted by molar-refractivity contribution is -0.144. The van der Waals surface area contributed by atoms with Gasteiger partial charge in [-0.15, -0.1) is 0 Å². The highest BCUT2D eigenvalue weighted by Crippen LogP contribution is 2.47. The Hall–Kier alpha value is -1.87. The molecule has 3 unspecified atom stereocenters. The highest BCUT2D eigenvalue weighted by Gasteiger charge is 2.56. The molecule has 3 rings (SSSR count). The third kappa shape index (κ3) is 2.32. The second-order valence-corrected chi connectivity index (χ2v) is 6.06. The van der Waals surface area contributed by atoms with Crippen molar-refractivity contribution in [1.82, 2.24) is 4.90 Å². The van der Waals surface area contributed by atoms with Crippen molar-refractivity contribution in [3.05, 3.63) is 60.2 Å². The molecular formula is C18H21NO2. The van der Waals surface area contributed by atoms with Gasteiger partial charge in [0.2, 0.25) is 0 Å². The summed E-state index contributed by atoms with van der Waals surface area (Å²) in [5.74, 6) is -0.0147. The first kappa shape index (κ1) is 14.1. The molecule has 0 amide bonds. The average Bonchev–Trinajstić information content (AvgIpc) is 2.79. The minimum absolute atomic E-state index is 0.0809. The summed E-state index contributed by atoms with van der Waals surface area (Å²) >= 11 is 0. The molecule has 1 fully saturated rings. The van der Waals surface area contributed by atoms with Crippen molar-refractivity contribution in [2.45, 2.75) is 17.9 Å². The average molecular weight is 283 g/mol. The predicted molar refractivity (Wildman–Crippen MR) is 82.9 cm³/mol. The molecule has 3 nitrogen and oxygen atoms in total. The predicted octanol–water partition coefficient (Wildman–Crippen LogP) is 2.54. The van der Waals surface area contributed by atoms with Gasteiger partial charge in [0.25, 0.3) is 0 Å². The molecule has 1 saturated heterocycles. The van der Waals surface area contributed by atoms with E-state index in [1.54, 1.807) is 0 Å². The van der Waals surface area contributed by atoms with Crippen LogP contribution in [-0.4, -0.2) is 37.6 Å². The van der Waals surface area contributed by atoms with Crippen molar-refractivity contribution in [3.8, 4) is 0 Å². The number of nitrogens with zero attached hydrogens (tertiary/aromatic N) is 1. The Morgan fingerprint density at radius 2 is 1.86 bits per heavy atom. The molecule has 1 aliphatic carbocycles. The van der Waals surface area contributed by atoms with Crippen LogP contribution in [0.2, 0.25) is 0 Å². The molecule has 110 valence electrons. The number of esters is 1. The monoisotopic (exact) mass is 283 g/mol. The van der Waals surface area contributed by atoms with Crippen LogP contribution in [0.3, 0.4) is 0 Å². The summed E-state index contributed by atoms with van der Waals surface area (Å²) in [6, 6.07) is 10.1. The van der Waals surface area contributed by atoms with Gasteiger partial charge in [-0.1, -0.05) is 48.6 Å². The summed E-state index contributed by atoms with van der Waals surface area (Å²) in [6.07, 6.45) is 8.73. The van der Waals surface area contributed by atoms with Crippen LogP contribution in [-0.2, 0) is 14.9 Å². The summed E-state index contributed by atoms with van der Waals surface area (Å²) in [6.45, 7) is 0.852. The second kappa shape index (κ2) is 5.49. The molecule has 0 radical (unpaired) electrons. The van der Waals surface area contributed by atoms with Crippen molar-refractivity contribution < 1.29 is 9.53 Å². The first-order valence-electron chi connectivity index (χ1n) is 7.41. The van der Waals surface area contributed by atoms with Crippen molar-refractivity contribution in [1.29, 1.82) is 0 Å². The Morgan fingerprint density at radius 1 is 1.14 bits per heavy atom. The van der Waals surface area contributed by atoms with Gasteiger partial charge in [-0.05, 0) is 38.7 Å². The maximum absolute atomic E-state index is 12.8. The van der Waals surface area contributed by atoms with Crippen LogP contribution in [0.1, 0.15) is 12.0 Å². The fourth-order valence-electron chi connectivity index (χ4n) is 3.37. The van der Waals surface area contributed by atoms with Gasteiger partial charge < -0.3 is 9.64 Å². The fourth-order valence-corrected chi connectivity index (χ4v) is 3.37. The van der Waals surface area contributed by atoms with Crippen molar-refractivity contribution in [3.63, 3.8) is 0 Å². The lowest BCUT2D eigenvalue weighted by Crippen LogP contribution is -2.41. The van der Waals surface area contributed by atoms with E-state index in [4.69, 9.17) is 4.74 Å². The molecule has 3 heteroatoms. The van der Waals surface area contributed by atoms with Crippen LogP contribution in [0.4, 0.5) is 0 Å². The van der Waals surface area contributed by atoms with Gasteiger partial charge >= 0.3 is 5.97 Å². The number of hydrogen-bond acceptors (Lipinski definition) is 3. The minimum Gasteiger partial charge on any atom is -0.457 e. The number of allylic oxidation sites excluding steroid dienone is 2. The summed E-state index contributed by atoms with van der Waals surface area (Å²) < 4.78 is 5.67. The van der Waals surface area contributed by atoms with E-state index in [-0.39, 0.29) is 18.0 Å². The summed E-state index contributed by atoms with van der Waals surface area (Å²) in [7, 11) is 4.07. The highest BCUT2D eigenvalue weighted by atomic mass is 16.6. The first-order chi connectivity index (χ1) is 10.1. The zero-order valence-corrected chi connectivity index (χ0v) is 12.5. The first-order valence-corrected chi connectivity index (χ1v) is 7.41. The van der Waals surface area contributed by atoms with Crippen LogP contribution in [0.15, 0.2) is 54.6 Å². The quantitative estimate of drug-likeness (QED) is 0.795. The van der Waals surface area contributed by atoms with E-state index in [2.05, 4.69) is 11.0 Å². The molecule has 0 aromatic heterocycles.